The molecule has 0 N–H and O–H groups in total. The Bertz CT molecular complexity index is 287. The van der Waals surface area contributed by atoms with Gasteiger partial charge in [0.1, 0.15) is 21.9 Å². The Morgan fingerprint density at radius 1 is 1.42 bits per heavy atom. The molecular weight excluding hydrogens is 212 g/mol. The topological polar surface area (TPSA) is 47.6 Å². The Morgan fingerprint density at radius 2 is 2.08 bits per heavy atom. The third kappa shape index (κ3) is 2.10. The Kier molecular flexibility index (Phi) is 3.81. The van der Waals surface area contributed by atoms with E-state index in [0.29, 0.717) is 15.7 Å². The Balaban J connectivity index is 2.80. The molecule has 5 heteroatoms. The molecule has 0 amide bonds. The van der Waals surface area contributed by atoms with Gasteiger partial charge in [0.25, 0.3) is 0 Å². The van der Waals surface area contributed by atoms with E-state index in [1.165, 1.54) is 23.5 Å². The minimum atomic E-state index is 0.267. The molecule has 0 aromatic rings. The number of nitriles is 2. The van der Waals surface area contributed by atoms with Crippen molar-refractivity contribution in [2.45, 2.75) is 5.25 Å². The lowest BCUT2D eigenvalue weighted by molar-refractivity contribution is 1.14. The van der Waals surface area contributed by atoms with Gasteiger partial charge in [-0.3, -0.25) is 0 Å². The molecule has 1 atom stereocenters. The quantitative estimate of drug-likeness (QED) is 0.632. The van der Waals surface area contributed by atoms with Gasteiger partial charge < -0.3 is 0 Å². The molecular formula is C7H5ClN2S2. The first-order valence-electron chi connectivity index (χ1n) is 3.21. The maximum atomic E-state index is 8.67. The summed E-state index contributed by atoms with van der Waals surface area (Å²) in [4.78, 5) is 1.04. The van der Waals surface area contributed by atoms with E-state index in [1.807, 2.05) is 12.1 Å². The molecule has 0 saturated heterocycles. The van der Waals surface area contributed by atoms with Crippen LogP contribution in [-0.4, -0.2) is 16.9 Å². The maximum absolute atomic E-state index is 8.67. The normalized spacial score (nSPS) is 23.1. The molecule has 12 heavy (non-hydrogen) atoms. The van der Waals surface area contributed by atoms with Crippen molar-refractivity contribution in [2.24, 2.45) is 0 Å². The fourth-order valence-electron chi connectivity index (χ4n) is 0.732. The van der Waals surface area contributed by atoms with Gasteiger partial charge in [0.15, 0.2) is 0 Å². The first kappa shape index (κ1) is 9.80. The summed E-state index contributed by atoms with van der Waals surface area (Å²) in [6.45, 7) is 0. The van der Waals surface area contributed by atoms with Gasteiger partial charge in [-0.1, -0.05) is 0 Å². The van der Waals surface area contributed by atoms with Crippen molar-refractivity contribution in [3.63, 3.8) is 0 Å². The van der Waals surface area contributed by atoms with Crippen LogP contribution in [0.5, 0.6) is 0 Å². The van der Waals surface area contributed by atoms with Gasteiger partial charge in [0.2, 0.25) is 0 Å². The van der Waals surface area contributed by atoms with Gasteiger partial charge in [-0.25, -0.2) is 0 Å². The van der Waals surface area contributed by atoms with Crippen LogP contribution in [0, 0.1) is 22.7 Å². The Labute approximate surface area is 84.6 Å². The zero-order valence-electron chi connectivity index (χ0n) is 6.08. The summed E-state index contributed by atoms with van der Waals surface area (Å²) in [7, 11) is 0. The fourth-order valence-corrected chi connectivity index (χ4v) is 3.27. The Morgan fingerprint density at radius 3 is 2.58 bits per heavy atom. The number of alkyl halides is 1. The average Bonchev–Trinajstić information content (AvgIpc) is 2.16. The molecule has 0 spiro atoms. The number of allylic oxidation sites excluding steroid dienone is 2. The van der Waals surface area contributed by atoms with E-state index in [4.69, 9.17) is 22.1 Å². The summed E-state index contributed by atoms with van der Waals surface area (Å²) in [5, 5.41) is 17.6. The predicted molar refractivity (Wildman–Crippen MR) is 52.8 cm³/mol. The van der Waals surface area contributed by atoms with E-state index in [-0.39, 0.29) is 5.25 Å². The van der Waals surface area contributed by atoms with Gasteiger partial charge in [-0.15, -0.1) is 35.1 Å². The summed E-state index contributed by atoms with van der Waals surface area (Å²) in [6.07, 6.45) is 0. The van der Waals surface area contributed by atoms with Crippen LogP contribution in [0.3, 0.4) is 0 Å². The molecule has 1 rings (SSSR count). The fraction of sp³-hybridized carbons (Fsp3) is 0.429. The van der Waals surface area contributed by atoms with E-state index in [9.17, 15) is 0 Å². The molecule has 0 aromatic heterocycles. The summed E-state index contributed by atoms with van der Waals surface area (Å²) in [6, 6.07) is 4.02. The molecule has 1 aliphatic heterocycles. The second-order valence-corrected chi connectivity index (χ2v) is 4.74. The van der Waals surface area contributed by atoms with Crippen LogP contribution in [0.15, 0.2) is 9.81 Å². The van der Waals surface area contributed by atoms with E-state index in [1.54, 1.807) is 0 Å². The third-order valence-corrected chi connectivity index (χ3v) is 4.53. The van der Waals surface area contributed by atoms with Crippen LogP contribution >= 0.6 is 35.1 Å². The summed E-state index contributed by atoms with van der Waals surface area (Å²) in [5.41, 5.74) is 0. The van der Waals surface area contributed by atoms with Crippen LogP contribution < -0.4 is 0 Å². The number of halogens is 1. The molecule has 62 valence electrons. The molecule has 0 radical (unpaired) electrons. The van der Waals surface area contributed by atoms with E-state index >= 15 is 0 Å². The van der Waals surface area contributed by atoms with Crippen LogP contribution in [0.25, 0.3) is 0 Å². The van der Waals surface area contributed by atoms with Crippen LogP contribution in [-0.2, 0) is 0 Å². The Hall–Kier alpha value is -0.290. The third-order valence-electron chi connectivity index (χ3n) is 1.28. The van der Waals surface area contributed by atoms with E-state index in [2.05, 4.69) is 0 Å². The summed E-state index contributed by atoms with van der Waals surface area (Å²) < 4.78 is 0. The van der Waals surface area contributed by atoms with Crippen molar-refractivity contribution in [1.29, 1.82) is 10.5 Å². The van der Waals surface area contributed by atoms with Gasteiger partial charge in [0.05, 0.1) is 0 Å². The highest BCUT2D eigenvalue weighted by Crippen LogP contribution is 2.37. The van der Waals surface area contributed by atoms with Crippen molar-refractivity contribution in [3.8, 4) is 12.1 Å². The van der Waals surface area contributed by atoms with Gasteiger partial charge in [-0.05, 0) is 0 Å². The van der Waals surface area contributed by atoms with Crippen molar-refractivity contribution in [1.82, 2.24) is 0 Å². The van der Waals surface area contributed by atoms with E-state index < -0.39 is 0 Å². The molecule has 0 saturated carbocycles. The average molecular weight is 217 g/mol. The largest absolute Gasteiger partial charge is 0.192 e. The summed E-state index contributed by atoms with van der Waals surface area (Å²) in [5.74, 6) is 1.35. The molecule has 1 unspecified atom stereocenters. The predicted octanol–water partition coefficient (Wildman–Crippen LogP) is 2.33. The standard InChI is InChI=1S/C7H5ClN2S2/c8-1-5-4-11-6(2-9)7(3-10)12-5/h5H,1,4H2. The lowest BCUT2D eigenvalue weighted by Crippen LogP contribution is -2.12. The number of rotatable bonds is 1. The molecule has 1 aliphatic rings. The minimum absolute atomic E-state index is 0.267. The van der Waals surface area contributed by atoms with Crippen LogP contribution in [0.1, 0.15) is 0 Å². The minimum Gasteiger partial charge on any atom is -0.192 e. The lowest BCUT2D eigenvalue weighted by Gasteiger charge is -2.17. The second-order valence-electron chi connectivity index (χ2n) is 2.09. The van der Waals surface area contributed by atoms with Crippen molar-refractivity contribution >= 4 is 35.1 Å². The van der Waals surface area contributed by atoms with Gasteiger partial charge in [0, 0.05) is 16.9 Å². The molecule has 1 heterocycles. The number of hydrogen-bond acceptors (Lipinski definition) is 4. The number of nitrogens with zero attached hydrogens (tertiary/aromatic N) is 2. The number of hydrogen-bond donors (Lipinski definition) is 0. The first-order chi connectivity index (χ1) is 5.81. The van der Waals surface area contributed by atoms with Crippen LogP contribution in [0.4, 0.5) is 0 Å². The highest BCUT2D eigenvalue weighted by molar-refractivity contribution is 8.10. The van der Waals surface area contributed by atoms with Gasteiger partial charge >= 0.3 is 0 Å². The zero-order valence-corrected chi connectivity index (χ0v) is 8.47. The monoisotopic (exact) mass is 216 g/mol. The zero-order chi connectivity index (χ0) is 8.97. The van der Waals surface area contributed by atoms with Crippen molar-refractivity contribution < 1.29 is 0 Å². The molecule has 0 aliphatic carbocycles. The SMILES string of the molecule is N#CC1=C(C#N)SC(CCl)CS1. The van der Waals surface area contributed by atoms with Crippen molar-refractivity contribution in [2.75, 3.05) is 11.6 Å². The molecule has 2 nitrogen and oxygen atoms in total. The van der Waals surface area contributed by atoms with Crippen molar-refractivity contribution in [3.05, 3.63) is 9.81 Å². The number of thioether (sulfide) groups is 2. The lowest BCUT2D eigenvalue weighted by atomic mass is 10.5. The maximum Gasteiger partial charge on any atom is 0.109 e. The second kappa shape index (κ2) is 4.67. The van der Waals surface area contributed by atoms with E-state index in [0.717, 1.165) is 5.75 Å². The molecule has 0 aromatic carbocycles. The highest BCUT2D eigenvalue weighted by Gasteiger charge is 2.21. The highest BCUT2D eigenvalue weighted by atomic mass is 35.5. The first-order valence-corrected chi connectivity index (χ1v) is 5.61. The molecule has 0 fully saturated rings. The summed E-state index contributed by atoms with van der Waals surface area (Å²) >= 11 is 8.47. The van der Waals surface area contributed by atoms with Gasteiger partial charge in [-0.2, -0.15) is 10.5 Å². The smallest absolute Gasteiger partial charge is 0.109 e. The van der Waals surface area contributed by atoms with Crippen LogP contribution in [0.2, 0.25) is 0 Å². The molecule has 0 bridgehead atoms.